The molecular formula is C16H34N2. The predicted molar refractivity (Wildman–Crippen MR) is 81.0 cm³/mol. The molecule has 0 saturated carbocycles. The zero-order valence-corrected chi connectivity index (χ0v) is 13.0. The van der Waals surface area contributed by atoms with E-state index < -0.39 is 0 Å². The maximum absolute atomic E-state index is 3.70. The minimum atomic E-state index is 0.718. The fourth-order valence-electron chi connectivity index (χ4n) is 3.01. The van der Waals surface area contributed by atoms with Crippen molar-refractivity contribution in [3.05, 3.63) is 0 Å². The minimum absolute atomic E-state index is 0.718. The Hall–Kier alpha value is -0.0800. The van der Waals surface area contributed by atoms with Crippen LogP contribution in [0.25, 0.3) is 0 Å². The summed E-state index contributed by atoms with van der Waals surface area (Å²) < 4.78 is 0. The average molecular weight is 254 g/mol. The second-order valence-electron chi connectivity index (χ2n) is 6.23. The van der Waals surface area contributed by atoms with Gasteiger partial charge in [0.2, 0.25) is 0 Å². The van der Waals surface area contributed by atoms with Gasteiger partial charge in [0.05, 0.1) is 0 Å². The van der Waals surface area contributed by atoms with Crippen molar-refractivity contribution in [2.45, 2.75) is 78.3 Å². The summed E-state index contributed by atoms with van der Waals surface area (Å²) in [5.74, 6) is 0.769. The Morgan fingerprint density at radius 2 is 1.83 bits per heavy atom. The van der Waals surface area contributed by atoms with E-state index in [1.165, 1.54) is 58.2 Å². The van der Waals surface area contributed by atoms with Crippen molar-refractivity contribution >= 4 is 0 Å². The smallest absolute Gasteiger partial charge is 0.0244 e. The fourth-order valence-corrected chi connectivity index (χ4v) is 3.01. The maximum atomic E-state index is 3.70. The van der Waals surface area contributed by atoms with Gasteiger partial charge in [0.1, 0.15) is 0 Å². The van der Waals surface area contributed by atoms with Gasteiger partial charge in [-0.05, 0) is 25.3 Å². The van der Waals surface area contributed by atoms with Crippen molar-refractivity contribution in [1.29, 1.82) is 0 Å². The normalized spacial score (nSPS) is 25.8. The van der Waals surface area contributed by atoms with Crippen molar-refractivity contribution in [2.24, 2.45) is 5.92 Å². The number of nitrogens with one attached hydrogen (secondary N) is 1. The van der Waals surface area contributed by atoms with Crippen molar-refractivity contribution in [2.75, 3.05) is 19.6 Å². The van der Waals surface area contributed by atoms with Crippen LogP contribution in [-0.4, -0.2) is 36.6 Å². The third kappa shape index (κ3) is 5.27. The first-order valence-corrected chi connectivity index (χ1v) is 8.16. The summed E-state index contributed by atoms with van der Waals surface area (Å²) in [4.78, 5) is 2.75. The van der Waals surface area contributed by atoms with Crippen LogP contribution in [0.4, 0.5) is 0 Å². The molecule has 0 bridgehead atoms. The van der Waals surface area contributed by atoms with Gasteiger partial charge in [-0.3, -0.25) is 4.90 Å². The molecule has 0 spiro atoms. The minimum Gasteiger partial charge on any atom is -0.311 e. The van der Waals surface area contributed by atoms with Gasteiger partial charge in [-0.15, -0.1) is 0 Å². The summed E-state index contributed by atoms with van der Waals surface area (Å²) in [5, 5.41) is 3.70. The highest BCUT2D eigenvalue weighted by Gasteiger charge is 2.28. The Labute approximate surface area is 115 Å². The van der Waals surface area contributed by atoms with Crippen molar-refractivity contribution in [1.82, 2.24) is 10.2 Å². The molecule has 0 aromatic rings. The van der Waals surface area contributed by atoms with Crippen LogP contribution in [-0.2, 0) is 0 Å². The first-order chi connectivity index (χ1) is 8.69. The van der Waals surface area contributed by atoms with E-state index in [9.17, 15) is 0 Å². The molecule has 1 fully saturated rings. The lowest BCUT2D eigenvalue weighted by Crippen LogP contribution is -2.58. The van der Waals surface area contributed by atoms with E-state index in [1.807, 2.05) is 0 Å². The molecule has 1 saturated heterocycles. The van der Waals surface area contributed by atoms with Gasteiger partial charge >= 0.3 is 0 Å². The Kier molecular flexibility index (Phi) is 7.92. The predicted octanol–water partition coefficient (Wildman–Crippen LogP) is 3.67. The lowest BCUT2D eigenvalue weighted by molar-refractivity contribution is 0.0952. The molecule has 108 valence electrons. The lowest BCUT2D eigenvalue weighted by Gasteiger charge is -2.42. The molecule has 2 heteroatoms. The third-order valence-electron chi connectivity index (χ3n) is 4.35. The van der Waals surface area contributed by atoms with Crippen LogP contribution in [0, 0.1) is 5.92 Å². The van der Waals surface area contributed by atoms with Gasteiger partial charge in [-0.2, -0.15) is 0 Å². The van der Waals surface area contributed by atoms with E-state index in [0.29, 0.717) is 0 Å². The van der Waals surface area contributed by atoms with Gasteiger partial charge in [0.15, 0.2) is 0 Å². The first-order valence-electron chi connectivity index (χ1n) is 8.16. The molecule has 0 amide bonds. The van der Waals surface area contributed by atoms with Crippen LogP contribution < -0.4 is 5.32 Å². The highest BCUT2D eigenvalue weighted by molar-refractivity contribution is 4.87. The Bertz CT molecular complexity index is 203. The van der Waals surface area contributed by atoms with Crippen LogP contribution >= 0.6 is 0 Å². The van der Waals surface area contributed by atoms with E-state index >= 15 is 0 Å². The second-order valence-corrected chi connectivity index (χ2v) is 6.23. The molecule has 0 aromatic heterocycles. The molecule has 0 aromatic carbocycles. The summed E-state index contributed by atoms with van der Waals surface area (Å²) in [7, 11) is 0. The molecular weight excluding hydrogens is 220 g/mol. The first kappa shape index (κ1) is 16.0. The highest BCUT2D eigenvalue weighted by atomic mass is 15.2. The van der Waals surface area contributed by atoms with Gasteiger partial charge in [0.25, 0.3) is 0 Å². The number of hydrogen-bond donors (Lipinski definition) is 1. The molecule has 0 radical (unpaired) electrons. The van der Waals surface area contributed by atoms with Crippen molar-refractivity contribution in [3.8, 4) is 0 Å². The largest absolute Gasteiger partial charge is 0.311 e. The Morgan fingerprint density at radius 3 is 2.44 bits per heavy atom. The quantitative estimate of drug-likeness (QED) is 0.665. The molecule has 2 atom stereocenters. The topological polar surface area (TPSA) is 15.3 Å². The fraction of sp³-hybridized carbons (Fsp3) is 1.00. The SMILES string of the molecule is CCCCCCCN1CC(CC)NCC1C(C)C. The molecule has 1 rings (SSSR count). The highest BCUT2D eigenvalue weighted by Crippen LogP contribution is 2.17. The van der Waals surface area contributed by atoms with Crippen LogP contribution in [0.2, 0.25) is 0 Å². The van der Waals surface area contributed by atoms with E-state index in [4.69, 9.17) is 0 Å². The van der Waals surface area contributed by atoms with Gasteiger partial charge in [0, 0.05) is 25.2 Å². The van der Waals surface area contributed by atoms with Crippen LogP contribution in [0.15, 0.2) is 0 Å². The molecule has 1 aliphatic heterocycles. The number of unbranched alkanes of at least 4 members (excludes halogenated alkanes) is 4. The van der Waals surface area contributed by atoms with E-state index in [2.05, 4.69) is 37.9 Å². The lowest BCUT2D eigenvalue weighted by atomic mass is 9.97. The second kappa shape index (κ2) is 8.92. The average Bonchev–Trinajstić information content (AvgIpc) is 2.38. The molecule has 18 heavy (non-hydrogen) atoms. The van der Waals surface area contributed by atoms with Crippen LogP contribution in [0.5, 0.6) is 0 Å². The molecule has 1 aliphatic rings. The number of piperazine rings is 1. The third-order valence-corrected chi connectivity index (χ3v) is 4.35. The molecule has 1 heterocycles. The van der Waals surface area contributed by atoms with E-state index in [0.717, 1.165) is 18.0 Å². The van der Waals surface area contributed by atoms with Crippen LogP contribution in [0.1, 0.15) is 66.2 Å². The summed E-state index contributed by atoms with van der Waals surface area (Å²) in [5.41, 5.74) is 0. The van der Waals surface area contributed by atoms with Crippen molar-refractivity contribution in [3.63, 3.8) is 0 Å². The Balaban J connectivity index is 2.31. The van der Waals surface area contributed by atoms with Gasteiger partial charge in [-0.25, -0.2) is 0 Å². The summed E-state index contributed by atoms with van der Waals surface area (Å²) in [6, 6.07) is 1.47. The molecule has 0 aliphatic carbocycles. The molecule has 1 N–H and O–H groups in total. The van der Waals surface area contributed by atoms with Crippen LogP contribution in [0.3, 0.4) is 0 Å². The molecule has 2 unspecified atom stereocenters. The molecule has 2 nitrogen and oxygen atoms in total. The van der Waals surface area contributed by atoms with E-state index in [1.54, 1.807) is 0 Å². The zero-order chi connectivity index (χ0) is 13.4. The zero-order valence-electron chi connectivity index (χ0n) is 13.0. The summed E-state index contributed by atoms with van der Waals surface area (Å²) >= 11 is 0. The maximum Gasteiger partial charge on any atom is 0.0244 e. The number of rotatable bonds is 8. The summed E-state index contributed by atoms with van der Waals surface area (Å²) in [6.07, 6.45) is 8.25. The summed E-state index contributed by atoms with van der Waals surface area (Å²) in [6.45, 7) is 13.1. The number of nitrogens with zero attached hydrogens (tertiary/aromatic N) is 1. The van der Waals surface area contributed by atoms with Gasteiger partial charge < -0.3 is 5.32 Å². The van der Waals surface area contributed by atoms with Crippen molar-refractivity contribution < 1.29 is 0 Å². The standard InChI is InChI=1S/C16H34N2/c1-5-7-8-9-10-11-18-13-15(6-2)17-12-16(18)14(3)4/h14-17H,5-13H2,1-4H3. The monoisotopic (exact) mass is 254 g/mol. The van der Waals surface area contributed by atoms with Gasteiger partial charge in [-0.1, -0.05) is 53.4 Å². The number of hydrogen-bond acceptors (Lipinski definition) is 2. The van der Waals surface area contributed by atoms with E-state index in [-0.39, 0.29) is 0 Å². The Morgan fingerprint density at radius 1 is 1.11 bits per heavy atom.